The molecule has 1 amide bonds. The summed E-state index contributed by atoms with van der Waals surface area (Å²) in [6.45, 7) is 5.78. The highest BCUT2D eigenvalue weighted by Crippen LogP contribution is 2.26. The quantitative estimate of drug-likeness (QED) is 0.889. The molecule has 1 N–H and O–H groups in total. The maximum absolute atomic E-state index is 14.9. The molecule has 144 valence electrons. The zero-order valence-corrected chi connectivity index (χ0v) is 15.8. The van der Waals surface area contributed by atoms with Gasteiger partial charge in [0, 0.05) is 50.3 Å². The minimum atomic E-state index is -0.411. The molecule has 6 nitrogen and oxygen atoms in total. The van der Waals surface area contributed by atoms with E-state index in [1.54, 1.807) is 12.3 Å². The van der Waals surface area contributed by atoms with Crippen molar-refractivity contribution in [2.45, 2.75) is 32.4 Å². The number of nitrogens with one attached hydrogen (secondary N) is 1. The van der Waals surface area contributed by atoms with Crippen molar-refractivity contribution in [3.8, 4) is 0 Å². The van der Waals surface area contributed by atoms with Crippen LogP contribution in [-0.4, -0.2) is 54.6 Å². The van der Waals surface area contributed by atoms with Gasteiger partial charge >= 0.3 is 0 Å². The molecule has 4 rings (SSSR count). The van der Waals surface area contributed by atoms with Crippen LogP contribution in [0.1, 0.15) is 30.1 Å². The largest absolute Gasteiger partial charge is 0.367 e. The molecule has 2 heterocycles. The van der Waals surface area contributed by atoms with E-state index < -0.39 is 11.2 Å². The molecule has 0 bridgehead atoms. The van der Waals surface area contributed by atoms with Gasteiger partial charge in [0.15, 0.2) is 0 Å². The van der Waals surface area contributed by atoms with Crippen LogP contribution in [0.15, 0.2) is 23.1 Å². The average Bonchev–Trinajstić information content (AvgIpc) is 3.47. The first-order valence-electron chi connectivity index (χ1n) is 9.59. The van der Waals surface area contributed by atoms with Crippen molar-refractivity contribution in [2.75, 3.05) is 38.1 Å². The van der Waals surface area contributed by atoms with E-state index in [9.17, 15) is 14.0 Å². The minimum Gasteiger partial charge on any atom is -0.367 e. The summed E-state index contributed by atoms with van der Waals surface area (Å²) >= 11 is 0. The van der Waals surface area contributed by atoms with Gasteiger partial charge in [0.25, 0.3) is 5.91 Å². The first-order chi connectivity index (χ1) is 13.0. The Labute approximate surface area is 157 Å². The maximum Gasteiger partial charge on any atom is 0.256 e. The molecule has 1 aromatic heterocycles. The molecule has 0 unspecified atom stereocenters. The third-order valence-corrected chi connectivity index (χ3v) is 5.49. The summed E-state index contributed by atoms with van der Waals surface area (Å²) in [6.07, 6.45) is 3.50. The number of carbonyl (C=O) groups excluding carboxylic acids is 1. The first kappa shape index (κ1) is 18.0. The van der Waals surface area contributed by atoms with Crippen LogP contribution in [0.25, 0.3) is 10.9 Å². The lowest BCUT2D eigenvalue weighted by Crippen LogP contribution is -2.44. The number of nitrogens with zero attached hydrogens (tertiary/aromatic N) is 3. The van der Waals surface area contributed by atoms with Gasteiger partial charge in [-0.25, -0.2) is 4.39 Å². The Morgan fingerprint density at radius 2 is 1.93 bits per heavy atom. The van der Waals surface area contributed by atoms with Crippen molar-refractivity contribution >= 4 is 22.5 Å². The number of benzene rings is 1. The number of likely N-dealkylation sites (N-methyl/N-ethyl adjacent to an activating group) is 1. The van der Waals surface area contributed by atoms with Gasteiger partial charge in [-0.3, -0.25) is 9.59 Å². The first-order valence-corrected chi connectivity index (χ1v) is 9.59. The van der Waals surface area contributed by atoms with Gasteiger partial charge in [0.1, 0.15) is 11.4 Å². The molecular weight excluding hydrogens is 347 g/mol. The summed E-state index contributed by atoms with van der Waals surface area (Å²) in [5, 5.41) is 3.11. The number of carbonyl (C=O) groups is 1. The van der Waals surface area contributed by atoms with Crippen molar-refractivity contribution in [1.82, 2.24) is 14.8 Å². The summed E-state index contributed by atoms with van der Waals surface area (Å²) in [5.41, 5.74) is 0.868. The molecular formula is C20H25FN4O2. The summed E-state index contributed by atoms with van der Waals surface area (Å²) in [5.74, 6) is -0.776. The molecule has 7 heteroatoms. The normalized spacial score (nSPS) is 18.1. The third kappa shape index (κ3) is 3.43. The molecule has 27 heavy (non-hydrogen) atoms. The highest BCUT2D eigenvalue weighted by Gasteiger charge is 2.26. The predicted molar refractivity (Wildman–Crippen MR) is 104 cm³/mol. The van der Waals surface area contributed by atoms with Crippen LogP contribution < -0.4 is 15.6 Å². The fourth-order valence-electron chi connectivity index (χ4n) is 3.60. The number of aryl methyl sites for hydroxylation is 1. The Bertz CT molecular complexity index is 943. The van der Waals surface area contributed by atoms with Crippen LogP contribution in [0.3, 0.4) is 0 Å². The SMILES string of the molecule is CCn1cc(C(=O)NC2CC2)c(=O)c2cc(F)c(N3CCN(C)CC3)cc21. The average molecular weight is 372 g/mol. The van der Waals surface area contributed by atoms with Crippen molar-refractivity contribution < 1.29 is 9.18 Å². The second kappa shape index (κ2) is 6.96. The van der Waals surface area contributed by atoms with Crippen LogP contribution in [0.5, 0.6) is 0 Å². The van der Waals surface area contributed by atoms with Crippen molar-refractivity contribution in [3.05, 3.63) is 39.9 Å². The van der Waals surface area contributed by atoms with Gasteiger partial charge in [-0.05, 0) is 38.9 Å². The van der Waals surface area contributed by atoms with E-state index in [1.807, 2.05) is 16.4 Å². The second-order valence-electron chi connectivity index (χ2n) is 7.52. The van der Waals surface area contributed by atoms with Crippen molar-refractivity contribution in [2.24, 2.45) is 0 Å². The Balaban J connectivity index is 1.79. The van der Waals surface area contributed by atoms with Crippen LogP contribution in [0, 0.1) is 5.82 Å². The Morgan fingerprint density at radius 3 is 2.56 bits per heavy atom. The van der Waals surface area contributed by atoms with Gasteiger partial charge in [0.05, 0.1) is 11.2 Å². The summed E-state index contributed by atoms with van der Waals surface area (Å²) in [6, 6.07) is 3.22. The van der Waals surface area contributed by atoms with Gasteiger partial charge in [-0.2, -0.15) is 0 Å². The van der Waals surface area contributed by atoms with E-state index in [0.29, 0.717) is 17.7 Å². The fraction of sp³-hybridized carbons (Fsp3) is 0.500. The Kier molecular flexibility index (Phi) is 4.63. The van der Waals surface area contributed by atoms with Crippen molar-refractivity contribution in [1.29, 1.82) is 0 Å². The van der Waals surface area contributed by atoms with Gasteiger partial charge in [-0.1, -0.05) is 0 Å². The van der Waals surface area contributed by atoms with Gasteiger partial charge in [0.2, 0.25) is 5.43 Å². The highest BCUT2D eigenvalue weighted by atomic mass is 19.1. The van der Waals surface area contributed by atoms with Crippen molar-refractivity contribution in [3.63, 3.8) is 0 Å². The smallest absolute Gasteiger partial charge is 0.256 e. The van der Waals surface area contributed by atoms with E-state index in [0.717, 1.165) is 39.0 Å². The van der Waals surface area contributed by atoms with Gasteiger partial charge in [-0.15, -0.1) is 0 Å². The standard InChI is InChI=1S/C20H25FN4O2/c1-3-24-12-15(20(27)22-13-4-5-13)19(26)14-10-16(21)18(11-17(14)24)25-8-6-23(2)7-9-25/h10-13H,3-9H2,1-2H3,(H,22,27). The van der Waals surface area contributed by atoms with Gasteiger partial charge < -0.3 is 19.7 Å². The molecule has 0 spiro atoms. The lowest BCUT2D eigenvalue weighted by atomic mass is 10.1. The van der Waals surface area contributed by atoms with E-state index in [-0.39, 0.29) is 22.9 Å². The number of halogens is 1. The Hall–Kier alpha value is -2.41. The lowest BCUT2D eigenvalue weighted by molar-refractivity contribution is 0.0949. The molecule has 2 aliphatic rings. The molecule has 0 atom stereocenters. The monoisotopic (exact) mass is 372 g/mol. The molecule has 2 fully saturated rings. The number of hydrogen-bond donors (Lipinski definition) is 1. The number of pyridine rings is 1. The molecule has 2 aromatic rings. The third-order valence-electron chi connectivity index (χ3n) is 5.49. The van der Waals surface area contributed by atoms with E-state index in [4.69, 9.17) is 0 Å². The molecule has 1 saturated carbocycles. The lowest BCUT2D eigenvalue weighted by Gasteiger charge is -2.34. The number of aromatic nitrogens is 1. The second-order valence-corrected chi connectivity index (χ2v) is 7.52. The number of anilines is 1. The fourth-order valence-corrected chi connectivity index (χ4v) is 3.60. The number of amides is 1. The van der Waals surface area contributed by atoms with E-state index >= 15 is 0 Å². The minimum absolute atomic E-state index is 0.0861. The molecule has 0 radical (unpaired) electrons. The molecule has 1 aliphatic heterocycles. The van der Waals surface area contributed by atoms with Crippen LogP contribution >= 0.6 is 0 Å². The highest BCUT2D eigenvalue weighted by molar-refractivity contribution is 5.98. The summed E-state index contributed by atoms with van der Waals surface area (Å²) in [4.78, 5) is 29.5. The molecule has 1 saturated heterocycles. The van der Waals surface area contributed by atoms with Crippen LogP contribution in [-0.2, 0) is 6.54 Å². The molecule has 1 aliphatic carbocycles. The zero-order valence-electron chi connectivity index (χ0n) is 15.8. The molecule has 1 aromatic carbocycles. The Morgan fingerprint density at radius 1 is 1.22 bits per heavy atom. The zero-order chi connectivity index (χ0) is 19.1. The van der Waals surface area contributed by atoms with E-state index in [2.05, 4.69) is 17.3 Å². The summed E-state index contributed by atoms with van der Waals surface area (Å²) < 4.78 is 16.7. The topological polar surface area (TPSA) is 57.6 Å². The summed E-state index contributed by atoms with van der Waals surface area (Å²) in [7, 11) is 2.05. The van der Waals surface area contributed by atoms with Crippen LogP contribution in [0.4, 0.5) is 10.1 Å². The number of piperazine rings is 1. The number of rotatable bonds is 4. The van der Waals surface area contributed by atoms with Crippen LogP contribution in [0.2, 0.25) is 0 Å². The number of fused-ring (bicyclic) bond motifs is 1. The maximum atomic E-state index is 14.9. The van der Waals surface area contributed by atoms with E-state index in [1.165, 1.54) is 6.07 Å². The number of hydrogen-bond acceptors (Lipinski definition) is 4. The predicted octanol–water partition coefficient (Wildman–Crippen LogP) is 1.80.